The van der Waals surface area contributed by atoms with Crippen molar-refractivity contribution in [3.63, 3.8) is 0 Å². The summed E-state index contributed by atoms with van der Waals surface area (Å²) in [5, 5.41) is 5.75. The van der Waals surface area contributed by atoms with Gasteiger partial charge in [-0.25, -0.2) is 9.37 Å². The molecule has 0 unspecified atom stereocenters. The van der Waals surface area contributed by atoms with Gasteiger partial charge in [0, 0.05) is 28.4 Å². The highest BCUT2D eigenvalue weighted by atomic mass is 35.5. The van der Waals surface area contributed by atoms with Crippen LogP contribution in [0.3, 0.4) is 0 Å². The Bertz CT molecular complexity index is 743. The molecule has 2 aromatic carbocycles. The van der Waals surface area contributed by atoms with Crippen LogP contribution in [0.4, 0.5) is 15.9 Å². The van der Waals surface area contributed by atoms with E-state index in [1.54, 1.807) is 0 Å². The maximum absolute atomic E-state index is 13.1. The van der Waals surface area contributed by atoms with Gasteiger partial charge >= 0.3 is 0 Å². The third-order valence-electron chi connectivity index (χ3n) is 2.82. The van der Waals surface area contributed by atoms with E-state index in [1.807, 2.05) is 36.4 Å². The third kappa shape index (κ3) is 2.51. The van der Waals surface area contributed by atoms with Crippen LogP contribution in [-0.4, -0.2) is 4.98 Å². The van der Waals surface area contributed by atoms with Gasteiger partial charge in [-0.2, -0.15) is 0 Å². The molecule has 19 heavy (non-hydrogen) atoms. The summed E-state index contributed by atoms with van der Waals surface area (Å²) < 4.78 is 13.1. The van der Waals surface area contributed by atoms with E-state index in [0.717, 1.165) is 16.5 Å². The molecule has 0 aliphatic heterocycles. The van der Waals surface area contributed by atoms with Gasteiger partial charge in [-0.3, -0.25) is 0 Å². The molecular weight excluding hydrogens is 263 g/mol. The minimum Gasteiger partial charge on any atom is -0.340 e. The number of anilines is 2. The van der Waals surface area contributed by atoms with Crippen molar-refractivity contribution in [3.8, 4) is 0 Å². The number of hydrogen-bond donors (Lipinski definition) is 1. The summed E-state index contributed by atoms with van der Waals surface area (Å²) in [6.45, 7) is 0. The largest absolute Gasteiger partial charge is 0.340 e. The number of benzene rings is 2. The molecule has 0 atom stereocenters. The molecule has 0 saturated heterocycles. The van der Waals surface area contributed by atoms with Crippen molar-refractivity contribution in [2.45, 2.75) is 0 Å². The first-order valence-corrected chi connectivity index (χ1v) is 6.17. The lowest BCUT2D eigenvalue weighted by Gasteiger charge is -2.07. The SMILES string of the molecule is Fc1ccnc(Nc2ccc3cccc(Cl)c3c2)c1. The van der Waals surface area contributed by atoms with Gasteiger partial charge in [-0.1, -0.05) is 29.8 Å². The van der Waals surface area contributed by atoms with Gasteiger partial charge in [0.2, 0.25) is 0 Å². The van der Waals surface area contributed by atoms with Crippen LogP contribution in [0.2, 0.25) is 5.02 Å². The molecule has 1 aromatic heterocycles. The second-order valence-electron chi connectivity index (χ2n) is 4.16. The van der Waals surface area contributed by atoms with E-state index in [2.05, 4.69) is 10.3 Å². The van der Waals surface area contributed by atoms with Gasteiger partial charge in [0.15, 0.2) is 0 Å². The Hall–Kier alpha value is -2.13. The minimum absolute atomic E-state index is 0.323. The zero-order valence-corrected chi connectivity index (χ0v) is 10.7. The van der Waals surface area contributed by atoms with Crippen molar-refractivity contribution < 1.29 is 4.39 Å². The molecule has 0 spiro atoms. The summed E-state index contributed by atoms with van der Waals surface area (Å²) in [6, 6.07) is 14.2. The molecule has 94 valence electrons. The monoisotopic (exact) mass is 272 g/mol. The van der Waals surface area contributed by atoms with Crippen LogP contribution >= 0.6 is 11.6 Å². The zero-order chi connectivity index (χ0) is 13.2. The van der Waals surface area contributed by atoms with E-state index in [9.17, 15) is 4.39 Å². The van der Waals surface area contributed by atoms with Gasteiger partial charge in [-0.15, -0.1) is 0 Å². The Kier molecular flexibility index (Phi) is 3.05. The number of pyridine rings is 1. The number of nitrogens with one attached hydrogen (secondary N) is 1. The molecule has 3 aromatic rings. The molecule has 0 aliphatic carbocycles. The van der Waals surface area contributed by atoms with Gasteiger partial charge in [-0.05, 0) is 29.7 Å². The number of halogens is 2. The molecule has 0 aliphatic rings. The summed E-state index contributed by atoms with van der Waals surface area (Å²) in [6.07, 6.45) is 1.42. The second kappa shape index (κ2) is 4.86. The van der Waals surface area contributed by atoms with E-state index < -0.39 is 0 Å². The molecule has 0 amide bonds. The summed E-state index contributed by atoms with van der Waals surface area (Å²) in [5.74, 6) is 0.141. The number of aromatic nitrogens is 1. The maximum atomic E-state index is 13.1. The first-order valence-electron chi connectivity index (χ1n) is 5.79. The third-order valence-corrected chi connectivity index (χ3v) is 3.15. The molecule has 0 bridgehead atoms. The summed E-state index contributed by atoms with van der Waals surface area (Å²) in [7, 11) is 0. The molecule has 3 rings (SSSR count). The fourth-order valence-electron chi connectivity index (χ4n) is 1.93. The average Bonchev–Trinajstić information content (AvgIpc) is 2.40. The van der Waals surface area contributed by atoms with Crippen molar-refractivity contribution in [1.82, 2.24) is 4.98 Å². The molecule has 1 heterocycles. The maximum Gasteiger partial charge on any atom is 0.133 e. The van der Waals surface area contributed by atoms with Crippen LogP contribution in [-0.2, 0) is 0 Å². The Labute approximate surface area is 114 Å². The van der Waals surface area contributed by atoms with E-state index in [-0.39, 0.29) is 5.82 Å². The van der Waals surface area contributed by atoms with E-state index in [0.29, 0.717) is 10.8 Å². The smallest absolute Gasteiger partial charge is 0.133 e. The number of rotatable bonds is 2. The topological polar surface area (TPSA) is 24.9 Å². The lowest BCUT2D eigenvalue weighted by Crippen LogP contribution is -1.93. The zero-order valence-electron chi connectivity index (χ0n) is 9.90. The molecule has 0 radical (unpaired) electrons. The van der Waals surface area contributed by atoms with Gasteiger partial charge in [0.05, 0.1) is 0 Å². The first-order chi connectivity index (χ1) is 9.22. The van der Waals surface area contributed by atoms with Gasteiger partial charge in [0.1, 0.15) is 11.6 Å². The fourth-order valence-corrected chi connectivity index (χ4v) is 2.17. The summed E-state index contributed by atoms with van der Waals surface area (Å²) >= 11 is 6.15. The Morgan fingerprint density at radius 1 is 1.05 bits per heavy atom. The molecule has 1 N–H and O–H groups in total. The predicted octanol–water partition coefficient (Wildman–Crippen LogP) is 4.77. The molecular formula is C15H10ClFN2. The summed E-state index contributed by atoms with van der Waals surface area (Å²) in [5.41, 5.74) is 0.818. The average molecular weight is 273 g/mol. The molecule has 2 nitrogen and oxygen atoms in total. The van der Waals surface area contributed by atoms with Crippen LogP contribution in [0.1, 0.15) is 0 Å². The molecule has 4 heteroatoms. The molecule has 0 fully saturated rings. The van der Waals surface area contributed by atoms with E-state index in [4.69, 9.17) is 11.6 Å². The highest BCUT2D eigenvalue weighted by molar-refractivity contribution is 6.35. The van der Waals surface area contributed by atoms with Crippen molar-refractivity contribution in [2.75, 3.05) is 5.32 Å². The van der Waals surface area contributed by atoms with Crippen LogP contribution in [0.15, 0.2) is 54.7 Å². The standard InChI is InChI=1S/C15H10ClFN2/c16-14-3-1-2-10-4-5-12(9-13(10)14)19-15-8-11(17)6-7-18-15/h1-9H,(H,18,19). The van der Waals surface area contributed by atoms with E-state index in [1.165, 1.54) is 18.3 Å². The number of fused-ring (bicyclic) bond motifs is 1. The fraction of sp³-hybridized carbons (Fsp3) is 0. The van der Waals surface area contributed by atoms with Gasteiger partial charge in [0.25, 0.3) is 0 Å². The quantitative estimate of drug-likeness (QED) is 0.727. The normalized spacial score (nSPS) is 10.6. The van der Waals surface area contributed by atoms with Crippen molar-refractivity contribution in [3.05, 3.63) is 65.6 Å². The van der Waals surface area contributed by atoms with Crippen molar-refractivity contribution in [1.29, 1.82) is 0 Å². The van der Waals surface area contributed by atoms with Crippen molar-refractivity contribution >= 4 is 33.9 Å². The van der Waals surface area contributed by atoms with Gasteiger partial charge < -0.3 is 5.32 Å². The lowest BCUT2D eigenvalue weighted by molar-refractivity contribution is 0.626. The lowest BCUT2D eigenvalue weighted by atomic mass is 10.1. The Balaban J connectivity index is 2.00. The van der Waals surface area contributed by atoms with Crippen LogP contribution in [0.5, 0.6) is 0 Å². The van der Waals surface area contributed by atoms with Crippen LogP contribution in [0, 0.1) is 5.82 Å². The number of nitrogens with zero attached hydrogens (tertiary/aromatic N) is 1. The van der Waals surface area contributed by atoms with E-state index >= 15 is 0 Å². The highest BCUT2D eigenvalue weighted by Gasteiger charge is 2.02. The predicted molar refractivity (Wildman–Crippen MR) is 76.4 cm³/mol. The minimum atomic E-state index is -0.323. The highest BCUT2D eigenvalue weighted by Crippen LogP contribution is 2.27. The van der Waals surface area contributed by atoms with Crippen molar-refractivity contribution in [2.24, 2.45) is 0 Å². The first kappa shape index (κ1) is 11.9. The van der Waals surface area contributed by atoms with Crippen LogP contribution in [0.25, 0.3) is 10.8 Å². The Morgan fingerprint density at radius 2 is 1.95 bits per heavy atom. The number of hydrogen-bond acceptors (Lipinski definition) is 2. The molecule has 0 saturated carbocycles. The second-order valence-corrected chi connectivity index (χ2v) is 4.57. The Morgan fingerprint density at radius 3 is 2.79 bits per heavy atom. The van der Waals surface area contributed by atoms with Crippen LogP contribution < -0.4 is 5.32 Å². The summed E-state index contributed by atoms with van der Waals surface area (Å²) in [4.78, 5) is 4.05.